The number of nitrogens with two attached hydrogens (primary N) is 1. The summed E-state index contributed by atoms with van der Waals surface area (Å²) in [6, 6.07) is 0.258. The summed E-state index contributed by atoms with van der Waals surface area (Å²) in [6.07, 6.45) is 6.53. The molecule has 3 atom stereocenters. The third-order valence-corrected chi connectivity index (χ3v) is 3.65. The van der Waals surface area contributed by atoms with E-state index in [1.807, 2.05) is 10.9 Å². The molecule has 4 nitrogen and oxygen atoms in total. The van der Waals surface area contributed by atoms with E-state index in [0.29, 0.717) is 6.54 Å². The fraction of sp³-hybridized carbons (Fsp3) is 0.769. The van der Waals surface area contributed by atoms with Gasteiger partial charge in [0.2, 0.25) is 0 Å². The molecule has 1 aliphatic carbocycles. The summed E-state index contributed by atoms with van der Waals surface area (Å²) in [7, 11) is 0. The Hall–Kier alpha value is -0.870. The highest BCUT2D eigenvalue weighted by Crippen LogP contribution is 2.37. The molecule has 1 aromatic heterocycles. The number of nitrogens with one attached hydrogen (secondary N) is 1. The molecule has 0 bridgehead atoms. The summed E-state index contributed by atoms with van der Waals surface area (Å²) in [5.74, 6) is 1.75. The van der Waals surface area contributed by atoms with Crippen LogP contribution in [0, 0.1) is 11.8 Å². The molecule has 0 aliphatic heterocycles. The molecule has 1 aromatic rings. The minimum atomic E-state index is 0.258. The third kappa shape index (κ3) is 3.30. The van der Waals surface area contributed by atoms with Crippen LogP contribution in [0.25, 0.3) is 0 Å². The maximum Gasteiger partial charge on any atom is 0.0538 e. The first-order chi connectivity index (χ1) is 8.24. The zero-order valence-electron chi connectivity index (χ0n) is 10.9. The SMILES string of the molecule is CCCn1cc(C(CN)NCC2CC2C)cn1. The van der Waals surface area contributed by atoms with Gasteiger partial charge in [0.25, 0.3) is 0 Å². The standard InChI is InChI=1S/C13H24N4/c1-3-4-17-9-12(8-16-17)13(6-14)15-7-11-5-10(11)2/h8-11,13,15H,3-7,14H2,1-2H3. The second-order valence-corrected chi connectivity index (χ2v) is 5.21. The lowest BCUT2D eigenvalue weighted by Gasteiger charge is -2.14. The van der Waals surface area contributed by atoms with Gasteiger partial charge in [0.1, 0.15) is 0 Å². The van der Waals surface area contributed by atoms with Gasteiger partial charge < -0.3 is 11.1 Å². The predicted octanol–water partition coefficient (Wildman–Crippen LogP) is 1.54. The van der Waals surface area contributed by atoms with Crippen molar-refractivity contribution in [1.29, 1.82) is 0 Å². The van der Waals surface area contributed by atoms with Gasteiger partial charge in [0, 0.05) is 30.9 Å². The molecule has 1 saturated carbocycles. The molecule has 3 N–H and O–H groups in total. The fourth-order valence-electron chi connectivity index (χ4n) is 2.23. The quantitative estimate of drug-likeness (QED) is 0.755. The van der Waals surface area contributed by atoms with Gasteiger partial charge in [-0.2, -0.15) is 5.10 Å². The molecule has 0 radical (unpaired) electrons. The highest BCUT2D eigenvalue weighted by molar-refractivity contribution is 5.11. The summed E-state index contributed by atoms with van der Waals surface area (Å²) in [5.41, 5.74) is 7.05. The molecule has 4 heteroatoms. The maximum absolute atomic E-state index is 5.83. The first-order valence-corrected chi connectivity index (χ1v) is 6.70. The number of hydrogen-bond acceptors (Lipinski definition) is 3. The van der Waals surface area contributed by atoms with Gasteiger partial charge in [-0.25, -0.2) is 0 Å². The molecule has 3 unspecified atom stereocenters. The number of hydrogen-bond donors (Lipinski definition) is 2. The molecule has 2 rings (SSSR count). The Morgan fingerprint density at radius 2 is 2.41 bits per heavy atom. The predicted molar refractivity (Wildman–Crippen MR) is 69.6 cm³/mol. The van der Waals surface area contributed by atoms with Crippen LogP contribution in [0.3, 0.4) is 0 Å². The summed E-state index contributed by atoms with van der Waals surface area (Å²) in [4.78, 5) is 0. The highest BCUT2D eigenvalue weighted by atomic mass is 15.3. The van der Waals surface area contributed by atoms with E-state index in [9.17, 15) is 0 Å². The van der Waals surface area contributed by atoms with Gasteiger partial charge in [-0.15, -0.1) is 0 Å². The monoisotopic (exact) mass is 236 g/mol. The number of rotatable bonds is 7. The van der Waals surface area contributed by atoms with E-state index in [-0.39, 0.29) is 6.04 Å². The van der Waals surface area contributed by atoms with Crippen LogP contribution in [-0.4, -0.2) is 22.9 Å². The molecule has 1 heterocycles. The largest absolute Gasteiger partial charge is 0.329 e. The van der Waals surface area contributed by atoms with Gasteiger partial charge in [-0.05, 0) is 31.2 Å². The molecule has 0 aromatic carbocycles. The normalized spacial score (nSPS) is 24.9. The van der Waals surface area contributed by atoms with Crippen molar-refractivity contribution in [3.63, 3.8) is 0 Å². The third-order valence-electron chi connectivity index (χ3n) is 3.65. The van der Waals surface area contributed by atoms with Crippen LogP contribution in [0.2, 0.25) is 0 Å². The van der Waals surface area contributed by atoms with Crippen molar-refractivity contribution in [2.45, 2.75) is 39.3 Å². The van der Waals surface area contributed by atoms with Crippen molar-refractivity contribution in [2.75, 3.05) is 13.1 Å². The summed E-state index contributed by atoms with van der Waals surface area (Å²) >= 11 is 0. The molecule has 0 amide bonds. The summed E-state index contributed by atoms with van der Waals surface area (Å²) in [5, 5.41) is 7.91. The van der Waals surface area contributed by atoms with Crippen LogP contribution >= 0.6 is 0 Å². The van der Waals surface area contributed by atoms with Crippen molar-refractivity contribution in [1.82, 2.24) is 15.1 Å². The van der Waals surface area contributed by atoms with Crippen molar-refractivity contribution < 1.29 is 0 Å². The van der Waals surface area contributed by atoms with E-state index in [1.54, 1.807) is 0 Å². The molecule has 0 saturated heterocycles. The molecular formula is C13H24N4. The van der Waals surface area contributed by atoms with Crippen LogP contribution in [-0.2, 0) is 6.54 Å². The van der Waals surface area contributed by atoms with Crippen molar-refractivity contribution in [2.24, 2.45) is 17.6 Å². The summed E-state index contributed by atoms with van der Waals surface area (Å²) < 4.78 is 2.00. The Bertz CT molecular complexity index is 347. The van der Waals surface area contributed by atoms with Crippen LogP contribution in [0.5, 0.6) is 0 Å². The first kappa shape index (κ1) is 12.6. The molecule has 0 spiro atoms. The number of nitrogens with zero attached hydrogens (tertiary/aromatic N) is 2. The van der Waals surface area contributed by atoms with Gasteiger partial charge in [0.05, 0.1) is 6.20 Å². The minimum absolute atomic E-state index is 0.258. The molecule has 96 valence electrons. The smallest absolute Gasteiger partial charge is 0.0538 e. The van der Waals surface area contributed by atoms with E-state index in [4.69, 9.17) is 5.73 Å². The lowest BCUT2D eigenvalue weighted by atomic mass is 10.1. The topological polar surface area (TPSA) is 55.9 Å². The Morgan fingerprint density at radius 3 is 3.00 bits per heavy atom. The van der Waals surface area contributed by atoms with Crippen molar-refractivity contribution in [3.05, 3.63) is 18.0 Å². The number of aromatic nitrogens is 2. The zero-order valence-corrected chi connectivity index (χ0v) is 10.9. The van der Waals surface area contributed by atoms with Gasteiger partial charge >= 0.3 is 0 Å². The maximum atomic E-state index is 5.83. The average molecular weight is 236 g/mol. The van der Waals surface area contributed by atoms with Gasteiger partial charge in [0.15, 0.2) is 0 Å². The van der Waals surface area contributed by atoms with Crippen LogP contribution in [0.15, 0.2) is 12.4 Å². The second-order valence-electron chi connectivity index (χ2n) is 5.21. The van der Waals surface area contributed by atoms with Crippen LogP contribution in [0.1, 0.15) is 38.3 Å². The van der Waals surface area contributed by atoms with Crippen molar-refractivity contribution in [3.8, 4) is 0 Å². The minimum Gasteiger partial charge on any atom is -0.329 e. The van der Waals surface area contributed by atoms with Gasteiger partial charge in [-0.3, -0.25) is 4.68 Å². The molecule has 17 heavy (non-hydrogen) atoms. The van der Waals surface area contributed by atoms with E-state index in [1.165, 1.54) is 12.0 Å². The van der Waals surface area contributed by atoms with Crippen LogP contribution in [0.4, 0.5) is 0 Å². The molecular weight excluding hydrogens is 212 g/mol. The summed E-state index contributed by atoms with van der Waals surface area (Å²) in [6.45, 7) is 7.18. The Kier molecular flexibility index (Phi) is 4.18. The highest BCUT2D eigenvalue weighted by Gasteiger charge is 2.32. The lowest BCUT2D eigenvalue weighted by molar-refractivity contribution is 0.510. The Morgan fingerprint density at radius 1 is 1.65 bits per heavy atom. The van der Waals surface area contributed by atoms with E-state index in [2.05, 4.69) is 30.5 Å². The second kappa shape index (κ2) is 5.65. The Balaban J connectivity index is 1.86. The average Bonchev–Trinajstić information content (AvgIpc) is 2.83. The molecule has 1 aliphatic rings. The number of aryl methyl sites for hydroxylation is 1. The fourth-order valence-corrected chi connectivity index (χ4v) is 2.23. The zero-order chi connectivity index (χ0) is 12.3. The van der Waals surface area contributed by atoms with Crippen molar-refractivity contribution >= 4 is 0 Å². The lowest BCUT2D eigenvalue weighted by Crippen LogP contribution is -2.29. The Labute approximate surface area is 104 Å². The van der Waals surface area contributed by atoms with Gasteiger partial charge in [-0.1, -0.05) is 13.8 Å². The first-order valence-electron chi connectivity index (χ1n) is 6.70. The van der Waals surface area contributed by atoms with Crippen LogP contribution < -0.4 is 11.1 Å². The van der Waals surface area contributed by atoms with E-state index in [0.717, 1.165) is 31.3 Å². The molecule has 1 fully saturated rings. The van der Waals surface area contributed by atoms with E-state index >= 15 is 0 Å². The van der Waals surface area contributed by atoms with E-state index < -0.39 is 0 Å².